The molecule has 0 atom stereocenters. The predicted octanol–water partition coefficient (Wildman–Crippen LogP) is 2.60. The number of rotatable bonds is 4. The first kappa shape index (κ1) is 23.2. The molecule has 0 saturated carbocycles. The van der Waals surface area contributed by atoms with Crippen molar-refractivity contribution >= 4 is 47.2 Å². The second-order valence-electron chi connectivity index (χ2n) is 7.50. The molecule has 0 spiro atoms. The molecule has 2 heterocycles. The molecule has 0 aliphatic carbocycles. The molecule has 7 nitrogen and oxygen atoms in total. The quantitative estimate of drug-likeness (QED) is 0.371. The number of methoxy groups -OCH3 is 1. The molecule has 1 amide bonds. The maximum absolute atomic E-state index is 12.8. The third kappa shape index (κ3) is 5.23. The van der Waals surface area contributed by atoms with E-state index in [-0.39, 0.29) is 36.4 Å². The van der Waals surface area contributed by atoms with Crippen molar-refractivity contribution in [2.75, 3.05) is 63.2 Å². The summed E-state index contributed by atoms with van der Waals surface area (Å²) < 4.78 is 5.34. The Hall–Kier alpha value is -2.49. The molecule has 0 aromatic heterocycles. The van der Waals surface area contributed by atoms with Crippen LogP contribution in [0.2, 0.25) is 0 Å². The average molecular weight is 535 g/mol. The highest BCUT2D eigenvalue weighted by Gasteiger charge is 2.25. The molecule has 4 rings (SSSR count). The Labute approximate surface area is 201 Å². The van der Waals surface area contributed by atoms with Crippen molar-refractivity contribution in [2.24, 2.45) is 4.99 Å². The summed E-state index contributed by atoms with van der Waals surface area (Å²) in [5, 5.41) is 3.27. The van der Waals surface area contributed by atoms with E-state index in [1.54, 1.807) is 14.2 Å². The Bertz CT molecular complexity index is 928. The highest BCUT2D eigenvalue weighted by molar-refractivity contribution is 14.0. The van der Waals surface area contributed by atoms with Crippen LogP contribution in [0.1, 0.15) is 5.56 Å². The van der Waals surface area contributed by atoms with Crippen LogP contribution in [-0.2, 0) is 11.2 Å². The van der Waals surface area contributed by atoms with Crippen molar-refractivity contribution in [3.05, 3.63) is 54.1 Å². The summed E-state index contributed by atoms with van der Waals surface area (Å²) in [6.45, 7) is 4.46. The van der Waals surface area contributed by atoms with Gasteiger partial charge in [-0.1, -0.05) is 24.3 Å². The number of carbonyl (C=O) groups is 1. The number of piperazine rings is 1. The number of para-hydroxylation sites is 1. The molecule has 1 fully saturated rings. The number of nitrogens with one attached hydrogen (secondary N) is 1. The standard InChI is InChI=1S/C23H29N5O2.HI/c1-24-23(25-17-22(29)28-11-10-18-6-3-4-9-21(18)28)27-14-12-26(13-15-27)19-7-5-8-20(16-19)30-2;/h3-9,16H,10-15,17H2,1-2H3,(H,24,25);1H. The number of amides is 1. The van der Waals surface area contributed by atoms with Gasteiger partial charge in [0.2, 0.25) is 5.91 Å². The number of halogens is 1. The second kappa shape index (κ2) is 10.7. The van der Waals surface area contributed by atoms with Gasteiger partial charge in [-0.15, -0.1) is 24.0 Å². The molecule has 1 saturated heterocycles. The number of carbonyl (C=O) groups excluding carboxylic acids is 1. The molecule has 0 unspecified atom stereocenters. The summed E-state index contributed by atoms with van der Waals surface area (Å²) in [4.78, 5) is 23.6. The molecule has 166 valence electrons. The van der Waals surface area contributed by atoms with Crippen LogP contribution in [0.5, 0.6) is 5.75 Å². The van der Waals surface area contributed by atoms with Crippen LogP contribution in [0.3, 0.4) is 0 Å². The van der Waals surface area contributed by atoms with Crippen molar-refractivity contribution in [1.82, 2.24) is 10.2 Å². The van der Waals surface area contributed by atoms with Crippen molar-refractivity contribution in [2.45, 2.75) is 6.42 Å². The highest BCUT2D eigenvalue weighted by Crippen LogP contribution is 2.27. The second-order valence-corrected chi connectivity index (χ2v) is 7.50. The number of hydrogen-bond acceptors (Lipinski definition) is 4. The van der Waals surface area contributed by atoms with E-state index in [2.05, 4.69) is 38.3 Å². The van der Waals surface area contributed by atoms with Crippen molar-refractivity contribution in [3.63, 3.8) is 0 Å². The minimum Gasteiger partial charge on any atom is -0.497 e. The summed E-state index contributed by atoms with van der Waals surface area (Å²) in [5.41, 5.74) is 3.44. The van der Waals surface area contributed by atoms with Gasteiger partial charge in [-0.3, -0.25) is 9.79 Å². The van der Waals surface area contributed by atoms with Crippen LogP contribution in [0.25, 0.3) is 0 Å². The van der Waals surface area contributed by atoms with Crippen LogP contribution in [-0.4, -0.2) is 70.2 Å². The van der Waals surface area contributed by atoms with Crippen LogP contribution in [0, 0.1) is 0 Å². The summed E-state index contributed by atoms with van der Waals surface area (Å²) in [7, 11) is 3.46. The Morgan fingerprint density at radius 2 is 1.84 bits per heavy atom. The molecule has 8 heteroatoms. The summed E-state index contributed by atoms with van der Waals surface area (Å²) in [6.07, 6.45) is 0.920. The molecular weight excluding hydrogens is 505 g/mol. The lowest BCUT2D eigenvalue weighted by Crippen LogP contribution is -2.54. The SMILES string of the molecule is CN=C(NCC(=O)N1CCc2ccccc21)N1CCN(c2cccc(OC)c2)CC1.I. The van der Waals surface area contributed by atoms with E-state index in [0.29, 0.717) is 0 Å². The van der Waals surface area contributed by atoms with E-state index in [0.717, 1.165) is 56.5 Å². The smallest absolute Gasteiger partial charge is 0.246 e. The molecule has 31 heavy (non-hydrogen) atoms. The summed E-state index contributed by atoms with van der Waals surface area (Å²) in [6, 6.07) is 16.3. The third-order valence-corrected chi connectivity index (χ3v) is 5.80. The topological polar surface area (TPSA) is 60.4 Å². The predicted molar refractivity (Wildman–Crippen MR) is 136 cm³/mol. The van der Waals surface area contributed by atoms with Gasteiger partial charge in [-0.25, -0.2) is 0 Å². The van der Waals surface area contributed by atoms with Gasteiger partial charge in [0, 0.05) is 57.2 Å². The van der Waals surface area contributed by atoms with E-state index in [4.69, 9.17) is 4.74 Å². The van der Waals surface area contributed by atoms with Gasteiger partial charge in [0.1, 0.15) is 5.75 Å². The van der Waals surface area contributed by atoms with Crippen LogP contribution in [0.15, 0.2) is 53.5 Å². The minimum atomic E-state index is 0. The lowest BCUT2D eigenvalue weighted by atomic mass is 10.2. The molecule has 2 aliphatic heterocycles. The van der Waals surface area contributed by atoms with Crippen LogP contribution < -0.4 is 19.9 Å². The van der Waals surface area contributed by atoms with Gasteiger partial charge >= 0.3 is 0 Å². The molecule has 2 aromatic rings. The number of anilines is 2. The lowest BCUT2D eigenvalue weighted by molar-refractivity contribution is -0.117. The summed E-state index contributed by atoms with van der Waals surface area (Å²) >= 11 is 0. The van der Waals surface area contributed by atoms with E-state index in [9.17, 15) is 4.79 Å². The maximum Gasteiger partial charge on any atom is 0.246 e. The molecule has 2 aliphatic rings. The first-order chi connectivity index (χ1) is 14.7. The van der Waals surface area contributed by atoms with Crippen LogP contribution in [0.4, 0.5) is 11.4 Å². The fraction of sp³-hybridized carbons (Fsp3) is 0.391. The Morgan fingerprint density at radius 1 is 1.06 bits per heavy atom. The molecule has 0 radical (unpaired) electrons. The van der Waals surface area contributed by atoms with Gasteiger partial charge in [0.25, 0.3) is 0 Å². The highest BCUT2D eigenvalue weighted by atomic mass is 127. The number of benzene rings is 2. The van der Waals surface area contributed by atoms with E-state index in [1.165, 1.54) is 11.3 Å². The lowest BCUT2D eigenvalue weighted by Gasteiger charge is -2.37. The van der Waals surface area contributed by atoms with E-state index >= 15 is 0 Å². The van der Waals surface area contributed by atoms with Gasteiger partial charge in [-0.05, 0) is 30.2 Å². The minimum absolute atomic E-state index is 0. The molecule has 1 N–H and O–H groups in total. The van der Waals surface area contributed by atoms with Gasteiger partial charge in [0.15, 0.2) is 5.96 Å². The normalized spacial score (nSPS) is 15.9. The van der Waals surface area contributed by atoms with Gasteiger partial charge < -0.3 is 24.8 Å². The first-order valence-corrected chi connectivity index (χ1v) is 10.4. The Balaban J connectivity index is 0.00000272. The number of hydrogen-bond donors (Lipinski definition) is 1. The summed E-state index contributed by atoms with van der Waals surface area (Å²) in [5.74, 6) is 1.73. The number of aliphatic imine (C=N–C) groups is 1. The number of nitrogens with zero attached hydrogens (tertiary/aromatic N) is 4. The maximum atomic E-state index is 12.8. The Kier molecular flexibility index (Phi) is 8.00. The average Bonchev–Trinajstić information content (AvgIpc) is 3.24. The Morgan fingerprint density at radius 3 is 2.58 bits per heavy atom. The fourth-order valence-corrected chi connectivity index (χ4v) is 4.16. The van der Waals surface area contributed by atoms with E-state index in [1.807, 2.05) is 35.2 Å². The third-order valence-electron chi connectivity index (χ3n) is 5.80. The van der Waals surface area contributed by atoms with Crippen molar-refractivity contribution in [3.8, 4) is 5.75 Å². The molecular formula is C23H30IN5O2. The monoisotopic (exact) mass is 535 g/mol. The zero-order chi connectivity index (χ0) is 20.9. The number of ether oxygens (including phenoxy) is 1. The zero-order valence-corrected chi connectivity index (χ0v) is 20.4. The largest absolute Gasteiger partial charge is 0.497 e. The van der Waals surface area contributed by atoms with Gasteiger partial charge in [-0.2, -0.15) is 0 Å². The zero-order valence-electron chi connectivity index (χ0n) is 18.1. The first-order valence-electron chi connectivity index (χ1n) is 10.4. The molecule has 2 aromatic carbocycles. The van der Waals surface area contributed by atoms with Crippen molar-refractivity contribution < 1.29 is 9.53 Å². The van der Waals surface area contributed by atoms with Crippen molar-refractivity contribution in [1.29, 1.82) is 0 Å². The fourth-order valence-electron chi connectivity index (χ4n) is 4.16. The number of fused-ring (bicyclic) bond motifs is 1. The number of guanidine groups is 1. The van der Waals surface area contributed by atoms with Gasteiger partial charge in [0.05, 0.1) is 13.7 Å². The van der Waals surface area contributed by atoms with E-state index < -0.39 is 0 Å². The van der Waals surface area contributed by atoms with Crippen LogP contribution >= 0.6 is 24.0 Å². The molecule has 0 bridgehead atoms.